The van der Waals surface area contributed by atoms with Gasteiger partial charge in [-0.1, -0.05) is 56.3 Å². The van der Waals surface area contributed by atoms with Gasteiger partial charge in [0.25, 0.3) is 0 Å². The molecule has 111 valence electrons. The molecule has 0 spiro atoms. The summed E-state index contributed by atoms with van der Waals surface area (Å²) in [5.74, 6) is 2.41. The van der Waals surface area contributed by atoms with Crippen molar-refractivity contribution < 1.29 is 4.74 Å². The van der Waals surface area contributed by atoms with E-state index < -0.39 is 0 Å². The fourth-order valence-electron chi connectivity index (χ4n) is 2.38. The third-order valence-electron chi connectivity index (χ3n) is 3.45. The Hall–Kier alpha value is -1.76. The Morgan fingerprint density at radius 3 is 2.19 bits per heavy atom. The normalized spacial score (nSPS) is 10.8. The monoisotopic (exact) mass is 281 g/mol. The number of hydrogen-bond donors (Lipinski definition) is 0. The molecular weight excluding hydrogens is 256 g/mol. The molecule has 0 bridgehead atoms. The number of benzene rings is 2. The summed E-state index contributed by atoms with van der Waals surface area (Å²) in [6.45, 7) is 5.12. The fraction of sp³-hybridized carbons (Fsp3) is 0.350. The lowest BCUT2D eigenvalue weighted by Crippen LogP contribution is -1.99. The summed E-state index contributed by atoms with van der Waals surface area (Å²) in [5.41, 5.74) is 2.76. The van der Waals surface area contributed by atoms with Gasteiger partial charge in [0.1, 0.15) is 5.75 Å². The largest absolute Gasteiger partial charge is 0.494 e. The van der Waals surface area contributed by atoms with Crippen molar-refractivity contribution in [2.45, 2.75) is 39.5 Å². The van der Waals surface area contributed by atoms with Crippen LogP contribution in [0.1, 0.15) is 37.8 Å². The van der Waals surface area contributed by atoms with Gasteiger partial charge in [0.05, 0.1) is 6.61 Å². The average Bonchev–Trinajstić information content (AvgIpc) is 2.49. The maximum atomic E-state index is 5.80. The summed E-state index contributed by atoms with van der Waals surface area (Å²) in [6.07, 6.45) is 4.46. The second kappa shape index (κ2) is 8.51. The lowest BCUT2D eigenvalue weighted by molar-refractivity contribution is 0.307. The number of rotatable bonds is 8. The Kier molecular flexibility index (Phi) is 6.33. The van der Waals surface area contributed by atoms with E-state index >= 15 is 0 Å². The van der Waals surface area contributed by atoms with E-state index in [1.165, 1.54) is 23.5 Å². The summed E-state index contributed by atoms with van der Waals surface area (Å²) in [4.78, 5) is 0. The first-order valence-corrected chi connectivity index (χ1v) is 7.79. The number of unbranched alkanes of at least 4 members (excludes halogenated alkanes) is 1. The molecule has 0 amide bonds. The molecule has 0 unspecified atom stereocenters. The van der Waals surface area contributed by atoms with Crippen LogP contribution in [0.2, 0.25) is 0 Å². The van der Waals surface area contributed by atoms with Gasteiger partial charge in [0.15, 0.2) is 0 Å². The van der Waals surface area contributed by atoms with Crippen LogP contribution >= 0.6 is 0 Å². The summed E-state index contributed by atoms with van der Waals surface area (Å²) in [6, 6.07) is 19.1. The molecular formula is C20H25O. The molecule has 2 rings (SSSR count). The van der Waals surface area contributed by atoms with Crippen molar-refractivity contribution in [3.8, 4) is 5.75 Å². The predicted molar refractivity (Wildman–Crippen MR) is 89.6 cm³/mol. The van der Waals surface area contributed by atoms with Crippen LogP contribution in [0.4, 0.5) is 0 Å². The molecule has 0 heterocycles. The lowest BCUT2D eigenvalue weighted by atomic mass is 10.0. The van der Waals surface area contributed by atoms with Crippen molar-refractivity contribution in [1.82, 2.24) is 0 Å². The molecule has 0 fully saturated rings. The van der Waals surface area contributed by atoms with E-state index in [1.54, 1.807) is 0 Å². The van der Waals surface area contributed by atoms with Crippen molar-refractivity contribution in [2.24, 2.45) is 0 Å². The fourth-order valence-corrected chi connectivity index (χ4v) is 2.38. The van der Waals surface area contributed by atoms with Crippen LogP contribution in [0.5, 0.6) is 5.75 Å². The third-order valence-corrected chi connectivity index (χ3v) is 3.45. The topological polar surface area (TPSA) is 9.23 Å². The van der Waals surface area contributed by atoms with Gasteiger partial charge in [-0.15, -0.1) is 0 Å². The molecule has 0 aliphatic rings. The molecule has 1 nitrogen and oxygen atoms in total. The highest BCUT2D eigenvalue weighted by molar-refractivity contribution is 5.28. The molecule has 0 N–H and O–H groups in total. The molecule has 1 heteroatoms. The van der Waals surface area contributed by atoms with E-state index in [0.717, 1.165) is 31.6 Å². The second-order valence-electron chi connectivity index (χ2n) is 5.82. The first-order chi connectivity index (χ1) is 10.2. The minimum Gasteiger partial charge on any atom is -0.494 e. The van der Waals surface area contributed by atoms with Crippen LogP contribution in [-0.2, 0) is 12.8 Å². The molecule has 1 radical (unpaired) electrons. The van der Waals surface area contributed by atoms with Gasteiger partial charge in [-0.2, -0.15) is 0 Å². The van der Waals surface area contributed by atoms with Crippen molar-refractivity contribution in [3.05, 3.63) is 71.6 Å². The van der Waals surface area contributed by atoms with Crippen molar-refractivity contribution >= 4 is 0 Å². The maximum absolute atomic E-state index is 5.80. The van der Waals surface area contributed by atoms with Gasteiger partial charge >= 0.3 is 0 Å². The van der Waals surface area contributed by atoms with Crippen molar-refractivity contribution in [1.29, 1.82) is 0 Å². The number of ether oxygens (including phenoxy) is 1. The summed E-state index contributed by atoms with van der Waals surface area (Å²) < 4.78 is 5.80. The third kappa shape index (κ3) is 6.03. The Labute approximate surface area is 129 Å². The summed E-state index contributed by atoms with van der Waals surface area (Å²) in [7, 11) is 0. The van der Waals surface area contributed by atoms with Crippen LogP contribution in [0.25, 0.3) is 0 Å². The Morgan fingerprint density at radius 2 is 1.52 bits per heavy atom. The van der Waals surface area contributed by atoms with Gasteiger partial charge in [-0.3, -0.25) is 0 Å². The Bertz CT molecular complexity index is 499. The van der Waals surface area contributed by atoms with Gasteiger partial charge in [0.2, 0.25) is 0 Å². The first kappa shape index (κ1) is 15.6. The van der Waals surface area contributed by atoms with E-state index in [2.05, 4.69) is 68.4 Å². The highest BCUT2D eigenvalue weighted by Crippen LogP contribution is 2.16. The molecule has 0 aliphatic carbocycles. The van der Waals surface area contributed by atoms with Crippen LogP contribution in [0, 0.1) is 5.92 Å². The second-order valence-corrected chi connectivity index (χ2v) is 5.82. The van der Waals surface area contributed by atoms with Gasteiger partial charge in [-0.25, -0.2) is 0 Å². The molecule has 0 atom stereocenters. The van der Waals surface area contributed by atoms with E-state index in [1.807, 2.05) is 0 Å². The van der Waals surface area contributed by atoms with E-state index in [-0.39, 0.29) is 0 Å². The number of hydrogen-bond acceptors (Lipinski definition) is 1. The highest BCUT2D eigenvalue weighted by atomic mass is 16.5. The molecule has 0 aliphatic heterocycles. The first-order valence-electron chi connectivity index (χ1n) is 7.79. The van der Waals surface area contributed by atoms with Gasteiger partial charge in [-0.05, 0) is 54.9 Å². The van der Waals surface area contributed by atoms with Crippen molar-refractivity contribution in [2.75, 3.05) is 6.61 Å². The zero-order chi connectivity index (χ0) is 14.9. The quantitative estimate of drug-likeness (QED) is 0.601. The standard InChI is InChI=1S/C20H25O/c1-17(2)16-19-11-13-20(14-12-19)21-15-7-6-10-18-8-4-3-5-9-18/h3-5,8-9,11-14H,6-7,10,15-16H2,1-2H3. The van der Waals surface area contributed by atoms with Gasteiger partial charge < -0.3 is 4.74 Å². The highest BCUT2D eigenvalue weighted by Gasteiger charge is 1.99. The molecule has 21 heavy (non-hydrogen) atoms. The molecule has 0 saturated carbocycles. The van der Waals surface area contributed by atoms with Crippen LogP contribution in [0.15, 0.2) is 54.6 Å². The zero-order valence-electron chi connectivity index (χ0n) is 13.1. The summed E-state index contributed by atoms with van der Waals surface area (Å²) in [5, 5.41) is 0. The van der Waals surface area contributed by atoms with Crippen LogP contribution < -0.4 is 4.74 Å². The smallest absolute Gasteiger partial charge is 0.119 e. The van der Waals surface area contributed by atoms with Crippen LogP contribution in [-0.4, -0.2) is 6.61 Å². The minimum atomic E-state index is 0.797. The SMILES string of the molecule is C[C](C)Cc1ccc(OCCCCc2ccccc2)cc1. The van der Waals surface area contributed by atoms with E-state index in [9.17, 15) is 0 Å². The summed E-state index contributed by atoms with van der Waals surface area (Å²) >= 11 is 0. The predicted octanol–water partition coefficient (Wildman–Crippen LogP) is 5.25. The number of aryl methyl sites for hydroxylation is 1. The minimum absolute atomic E-state index is 0.797. The Balaban J connectivity index is 1.64. The van der Waals surface area contributed by atoms with Crippen LogP contribution in [0.3, 0.4) is 0 Å². The molecule has 2 aromatic rings. The lowest BCUT2D eigenvalue weighted by Gasteiger charge is -2.08. The average molecular weight is 281 g/mol. The van der Waals surface area contributed by atoms with Gasteiger partial charge in [0, 0.05) is 0 Å². The molecule has 2 aromatic carbocycles. The van der Waals surface area contributed by atoms with Crippen molar-refractivity contribution in [3.63, 3.8) is 0 Å². The van der Waals surface area contributed by atoms with E-state index in [4.69, 9.17) is 4.74 Å². The molecule has 0 aromatic heterocycles. The van der Waals surface area contributed by atoms with E-state index in [0.29, 0.717) is 0 Å². The zero-order valence-corrected chi connectivity index (χ0v) is 13.1. The Morgan fingerprint density at radius 1 is 0.810 bits per heavy atom. The maximum Gasteiger partial charge on any atom is 0.119 e. The molecule has 0 saturated heterocycles.